The number of para-hydroxylation sites is 1. The van der Waals surface area contributed by atoms with Crippen LogP contribution in [0.25, 0.3) is 0 Å². The standard InChI is InChI=1S/C12H21NO2Si/c1-14-12(16,15-2)9-6-10-13-11-7-4-3-5-8-11/h3-5,7-8,13H,6,9-10H2,1-2,16H3. The van der Waals surface area contributed by atoms with Crippen LogP contribution in [0.15, 0.2) is 30.3 Å². The highest BCUT2D eigenvalue weighted by Gasteiger charge is 2.20. The lowest BCUT2D eigenvalue weighted by Crippen LogP contribution is -2.34. The minimum atomic E-state index is -0.321. The first-order valence-electron chi connectivity index (χ1n) is 5.59. The van der Waals surface area contributed by atoms with Crippen LogP contribution in [-0.4, -0.2) is 36.4 Å². The summed E-state index contributed by atoms with van der Waals surface area (Å²) in [6.07, 6.45) is 1.98. The molecule has 0 aliphatic carbocycles. The molecule has 0 spiro atoms. The molecule has 16 heavy (non-hydrogen) atoms. The Morgan fingerprint density at radius 3 is 2.38 bits per heavy atom. The van der Waals surface area contributed by atoms with Gasteiger partial charge in [-0.25, -0.2) is 0 Å². The van der Waals surface area contributed by atoms with Crippen molar-refractivity contribution < 1.29 is 9.47 Å². The highest BCUT2D eigenvalue weighted by atomic mass is 28.1. The molecule has 3 nitrogen and oxygen atoms in total. The molecule has 4 heteroatoms. The summed E-state index contributed by atoms with van der Waals surface area (Å²) in [6, 6.07) is 10.2. The summed E-state index contributed by atoms with van der Waals surface area (Å²) in [5, 5.41) is 3.37. The number of methoxy groups -OCH3 is 2. The minimum absolute atomic E-state index is 0.321. The van der Waals surface area contributed by atoms with Crippen LogP contribution in [0.5, 0.6) is 0 Å². The van der Waals surface area contributed by atoms with Crippen molar-refractivity contribution in [2.24, 2.45) is 0 Å². The smallest absolute Gasteiger partial charge is 0.140 e. The summed E-state index contributed by atoms with van der Waals surface area (Å²) in [7, 11) is 4.30. The van der Waals surface area contributed by atoms with Crippen LogP contribution in [0, 0.1) is 0 Å². The predicted molar refractivity (Wildman–Crippen MR) is 70.9 cm³/mol. The average Bonchev–Trinajstić information content (AvgIpc) is 2.36. The quantitative estimate of drug-likeness (QED) is 0.440. The van der Waals surface area contributed by atoms with Gasteiger partial charge in [0.15, 0.2) is 0 Å². The Bertz CT molecular complexity index is 288. The maximum atomic E-state index is 5.35. The first kappa shape index (κ1) is 13.2. The van der Waals surface area contributed by atoms with E-state index >= 15 is 0 Å². The van der Waals surface area contributed by atoms with E-state index in [1.165, 1.54) is 0 Å². The molecule has 0 heterocycles. The van der Waals surface area contributed by atoms with Gasteiger partial charge in [0.2, 0.25) is 0 Å². The monoisotopic (exact) mass is 239 g/mol. The Balaban J connectivity index is 2.22. The van der Waals surface area contributed by atoms with E-state index < -0.39 is 0 Å². The van der Waals surface area contributed by atoms with Gasteiger partial charge < -0.3 is 14.8 Å². The molecule has 1 N–H and O–H groups in total. The number of rotatable bonds is 7. The number of hydrogen-bond donors (Lipinski definition) is 1. The van der Waals surface area contributed by atoms with Gasteiger partial charge in [-0.2, -0.15) is 0 Å². The molecule has 0 unspecified atom stereocenters. The average molecular weight is 239 g/mol. The van der Waals surface area contributed by atoms with Crippen molar-refractivity contribution in [2.45, 2.75) is 18.3 Å². The lowest BCUT2D eigenvalue weighted by molar-refractivity contribution is -0.146. The van der Waals surface area contributed by atoms with E-state index in [1.807, 2.05) is 18.2 Å². The first-order chi connectivity index (χ1) is 7.70. The van der Waals surface area contributed by atoms with Gasteiger partial charge in [0.05, 0.1) is 10.2 Å². The Labute approximate surface area is 101 Å². The van der Waals surface area contributed by atoms with Gasteiger partial charge in [0, 0.05) is 26.5 Å². The van der Waals surface area contributed by atoms with Gasteiger partial charge in [-0.15, -0.1) is 0 Å². The Morgan fingerprint density at radius 2 is 1.81 bits per heavy atom. The summed E-state index contributed by atoms with van der Waals surface area (Å²) in [4.78, 5) is 0. The normalized spacial score (nSPS) is 11.6. The second-order valence-corrected chi connectivity index (χ2v) is 5.46. The molecule has 0 radical (unpaired) electrons. The fraction of sp³-hybridized carbons (Fsp3) is 0.500. The van der Waals surface area contributed by atoms with Crippen molar-refractivity contribution in [3.63, 3.8) is 0 Å². The zero-order valence-electron chi connectivity index (χ0n) is 10.3. The molecule has 0 bridgehead atoms. The third-order valence-corrected chi connectivity index (χ3v) is 4.09. The number of hydrogen-bond acceptors (Lipinski definition) is 3. The maximum Gasteiger partial charge on any atom is 0.140 e. The second kappa shape index (κ2) is 6.68. The van der Waals surface area contributed by atoms with Gasteiger partial charge in [-0.1, -0.05) is 18.2 Å². The van der Waals surface area contributed by atoms with Crippen molar-refractivity contribution in [3.8, 4) is 0 Å². The van der Waals surface area contributed by atoms with Crippen LogP contribution in [0.3, 0.4) is 0 Å². The molecular formula is C12H21NO2Si. The molecule has 0 aliphatic rings. The van der Waals surface area contributed by atoms with Gasteiger partial charge in [-0.3, -0.25) is 0 Å². The number of benzene rings is 1. The summed E-state index contributed by atoms with van der Waals surface area (Å²) in [6.45, 7) is 0.945. The largest absolute Gasteiger partial charge is 0.385 e. The van der Waals surface area contributed by atoms with E-state index in [2.05, 4.69) is 17.4 Å². The van der Waals surface area contributed by atoms with E-state index in [1.54, 1.807) is 14.2 Å². The molecule has 1 aromatic carbocycles. The summed E-state index contributed by atoms with van der Waals surface area (Å²) in [5.74, 6) is 0. The van der Waals surface area contributed by atoms with Crippen molar-refractivity contribution >= 4 is 15.9 Å². The lowest BCUT2D eigenvalue weighted by Gasteiger charge is -2.26. The van der Waals surface area contributed by atoms with Crippen molar-refractivity contribution in [1.29, 1.82) is 0 Å². The maximum absolute atomic E-state index is 5.35. The number of ether oxygens (including phenoxy) is 2. The van der Waals surface area contributed by atoms with E-state index in [-0.39, 0.29) is 5.41 Å². The molecule has 1 aromatic rings. The van der Waals surface area contributed by atoms with Crippen LogP contribution in [0.1, 0.15) is 12.8 Å². The molecule has 0 aromatic heterocycles. The third-order valence-electron chi connectivity index (χ3n) is 2.77. The van der Waals surface area contributed by atoms with Crippen LogP contribution in [0.2, 0.25) is 0 Å². The van der Waals surface area contributed by atoms with Crippen molar-refractivity contribution in [3.05, 3.63) is 30.3 Å². The summed E-state index contributed by atoms with van der Waals surface area (Å²) < 4.78 is 10.7. The molecule has 0 amide bonds. The lowest BCUT2D eigenvalue weighted by atomic mass is 10.2. The summed E-state index contributed by atoms with van der Waals surface area (Å²) in [5.41, 5.74) is 0.842. The van der Waals surface area contributed by atoms with E-state index in [4.69, 9.17) is 9.47 Å². The minimum Gasteiger partial charge on any atom is -0.385 e. The number of nitrogens with one attached hydrogen (secondary N) is 1. The SMILES string of the molecule is COC([SiH3])(CCCNc1ccccc1)OC. The Kier molecular flexibility index (Phi) is 5.52. The van der Waals surface area contributed by atoms with E-state index in [0.717, 1.165) is 35.3 Å². The highest BCUT2D eigenvalue weighted by molar-refractivity contribution is 6.13. The zero-order chi connectivity index (χ0) is 11.9. The molecule has 0 atom stereocenters. The number of anilines is 1. The molecule has 0 fully saturated rings. The molecule has 0 aliphatic heterocycles. The first-order valence-corrected chi connectivity index (χ1v) is 6.59. The molecular weight excluding hydrogens is 218 g/mol. The highest BCUT2D eigenvalue weighted by Crippen LogP contribution is 2.14. The van der Waals surface area contributed by atoms with Gasteiger partial charge in [0.1, 0.15) is 5.41 Å². The fourth-order valence-electron chi connectivity index (χ4n) is 1.49. The van der Waals surface area contributed by atoms with Crippen molar-refractivity contribution in [1.82, 2.24) is 0 Å². The van der Waals surface area contributed by atoms with Gasteiger partial charge >= 0.3 is 0 Å². The van der Waals surface area contributed by atoms with Crippen LogP contribution in [0.4, 0.5) is 5.69 Å². The Morgan fingerprint density at radius 1 is 1.19 bits per heavy atom. The molecule has 1 rings (SSSR count). The Hall–Kier alpha value is -0.843. The van der Waals surface area contributed by atoms with E-state index in [0.29, 0.717) is 0 Å². The second-order valence-electron chi connectivity index (χ2n) is 3.94. The summed E-state index contributed by atoms with van der Waals surface area (Å²) >= 11 is 0. The third kappa shape index (κ3) is 4.34. The van der Waals surface area contributed by atoms with Crippen LogP contribution >= 0.6 is 0 Å². The fourth-order valence-corrected chi connectivity index (χ4v) is 1.84. The van der Waals surface area contributed by atoms with Crippen LogP contribution in [-0.2, 0) is 9.47 Å². The topological polar surface area (TPSA) is 30.5 Å². The zero-order valence-corrected chi connectivity index (χ0v) is 12.3. The molecule has 0 saturated heterocycles. The van der Waals surface area contributed by atoms with Gasteiger partial charge in [0.25, 0.3) is 0 Å². The van der Waals surface area contributed by atoms with E-state index in [9.17, 15) is 0 Å². The van der Waals surface area contributed by atoms with Crippen molar-refractivity contribution in [2.75, 3.05) is 26.1 Å². The van der Waals surface area contributed by atoms with Crippen LogP contribution < -0.4 is 5.32 Å². The van der Waals surface area contributed by atoms with Gasteiger partial charge in [-0.05, 0) is 25.0 Å². The molecule has 90 valence electrons. The molecule has 0 saturated carbocycles. The predicted octanol–water partition coefficient (Wildman–Crippen LogP) is 1.19.